The van der Waals surface area contributed by atoms with Gasteiger partial charge in [-0.15, -0.1) is 0 Å². The Morgan fingerprint density at radius 1 is 1.47 bits per heavy atom. The summed E-state index contributed by atoms with van der Waals surface area (Å²) in [6, 6.07) is 0. The van der Waals surface area contributed by atoms with Gasteiger partial charge < -0.3 is 14.9 Å². The highest BCUT2D eigenvalue weighted by Gasteiger charge is 2.56. The number of carbonyl (C=O) groups is 1. The molecule has 0 bridgehead atoms. The number of aliphatic hydroxyl groups is 2. The number of aliphatic hydroxyl groups excluding tert-OH is 2. The summed E-state index contributed by atoms with van der Waals surface area (Å²) in [7, 11) is 0. The van der Waals surface area contributed by atoms with Crippen LogP contribution >= 0.6 is 0 Å². The fourth-order valence-corrected chi connectivity index (χ4v) is 4.15. The van der Waals surface area contributed by atoms with E-state index in [0.717, 1.165) is 12.0 Å². The molecule has 0 aromatic carbocycles. The molecule has 0 aromatic heterocycles. The van der Waals surface area contributed by atoms with Crippen molar-refractivity contribution in [2.24, 2.45) is 17.3 Å². The minimum Gasteiger partial charge on any atom is -0.458 e. The van der Waals surface area contributed by atoms with Crippen molar-refractivity contribution in [1.29, 1.82) is 0 Å². The molecule has 1 heterocycles. The Hall–Kier alpha value is -1.13. The molecule has 0 aromatic rings. The van der Waals surface area contributed by atoms with Gasteiger partial charge in [0.1, 0.15) is 6.10 Å². The lowest BCUT2D eigenvalue weighted by Crippen LogP contribution is -2.54. The van der Waals surface area contributed by atoms with Crippen LogP contribution in [-0.2, 0) is 9.53 Å². The molecular weight excluding hydrogens is 244 g/mol. The first kappa shape index (κ1) is 12.9. The molecule has 19 heavy (non-hydrogen) atoms. The molecule has 0 radical (unpaired) electrons. The van der Waals surface area contributed by atoms with E-state index in [1.807, 2.05) is 13.8 Å². The van der Waals surface area contributed by atoms with E-state index >= 15 is 0 Å². The minimum absolute atomic E-state index is 0.0522. The van der Waals surface area contributed by atoms with Crippen LogP contribution < -0.4 is 0 Å². The second kappa shape index (κ2) is 3.93. The summed E-state index contributed by atoms with van der Waals surface area (Å²) >= 11 is 0. The maximum Gasteiger partial charge on any atom is 0.334 e. The van der Waals surface area contributed by atoms with Crippen LogP contribution in [0.4, 0.5) is 0 Å². The van der Waals surface area contributed by atoms with Crippen LogP contribution in [0.2, 0.25) is 0 Å². The predicted octanol–water partition coefficient (Wildman–Crippen LogP) is 1.18. The van der Waals surface area contributed by atoms with Gasteiger partial charge in [-0.3, -0.25) is 0 Å². The van der Waals surface area contributed by atoms with Crippen molar-refractivity contribution in [3.63, 3.8) is 0 Å². The maximum atomic E-state index is 11.6. The van der Waals surface area contributed by atoms with Crippen LogP contribution in [0.25, 0.3) is 0 Å². The lowest BCUT2D eigenvalue weighted by molar-refractivity contribution is -0.148. The SMILES string of the molecule is C=C1C(=O)O[C@@H]2C[C@]3(C)[C@@H](C[C@H]12)C(C)=CC(O)[C@@H]3O. The molecule has 0 spiro atoms. The van der Waals surface area contributed by atoms with E-state index in [1.165, 1.54) is 0 Å². The maximum absolute atomic E-state index is 11.6. The minimum atomic E-state index is -0.835. The highest BCUT2D eigenvalue weighted by Crippen LogP contribution is 2.55. The van der Waals surface area contributed by atoms with Gasteiger partial charge in [-0.25, -0.2) is 4.79 Å². The van der Waals surface area contributed by atoms with E-state index < -0.39 is 17.6 Å². The molecule has 1 unspecified atom stereocenters. The number of esters is 1. The highest BCUT2D eigenvalue weighted by molar-refractivity contribution is 5.90. The van der Waals surface area contributed by atoms with Crippen LogP contribution in [0.5, 0.6) is 0 Å². The molecule has 2 aliphatic carbocycles. The van der Waals surface area contributed by atoms with E-state index in [9.17, 15) is 15.0 Å². The Kier molecular flexibility index (Phi) is 2.67. The zero-order chi connectivity index (χ0) is 13.9. The highest BCUT2D eigenvalue weighted by atomic mass is 16.6. The van der Waals surface area contributed by atoms with Crippen LogP contribution in [0.3, 0.4) is 0 Å². The van der Waals surface area contributed by atoms with Gasteiger partial charge in [0.15, 0.2) is 0 Å². The standard InChI is InChI=1S/C15H20O4/c1-7-4-11(16)13(17)15(3)6-12-9(5-10(7)15)8(2)14(18)19-12/h4,9-13,16-17H,2,5-6H2,1,3H3/t9-,10+,11?,12-,13+,15-/m1/s1. The largest absolute Gasteiger partial charge is 0.458 e. The fourth-order valence-electron chi connectivity index (χ4n) is 4.15. The van der Waals surface area contributed by atoms with Gasteiger partial charge in [-0.1, -0.05) is 25.2 Å². The van der Waals surface area contributed by atoms with Crippen molar-refractivity contribution < 1.29 is 19.7 Å². The van der Waals surface area contributed by atoms with Crippen molar-refractivity contribution in [2.45, 2.75) is 45.0 Å². The summed E-state index contributed by atoms with van der Waals surface area (Å²) < 4.78 is 5.36. The van der Waals surface area contributed by atoms with Gasteiger partial charge in [0.2, 0.25) is 0 Å². The summed E-state index contributed by atoms with van der Waals surface area (Å²) in [5, 5.41) is 20.3. The summed E-state index contributed by atoms with van der Waals surface area (Å²) in [6.07, 6.45) is 1.23. The molecule has 6 atom stereocenters. The average Bonchev–Trinajstić information content (AvgIpc) is 2.60. The summed E-state index contributed by atoms with van der Waals surface area (Å²) in [6.45, 7) is 7.80. The zero-order valence-electron chi connectivity index (χ0n) is 11.3. The zero-order valence-corrected chi connectivity index (χ0v) is 11.3. The Bertz CT molecular complexity index is 481. The van der Waals surface area contributed by atoms with E-state index in [4.69, 9.17) is 4.74 Å². The number of rotatable bonds is 0. The lowest BCUT2D eigenvalue weighted by Gasteiger charge is -2.51. The number of hydrogen-bond donors (Lipinski definition) is 2. The summed E-state index contributed by atoms with van der Waals surface area (Å²) in [4.78, 5) is 11.6. The normalized spacial score (nSPS) is 49.3. The van der Waals surface area contributed by atoms with Crippen molar-refractivity contribution in [3.05, 3.63) is 23.8 Å². The lowest BCUT2D eigenvalue weighted by atomic mass is 9.55. The number of carbonyl (C=O) groups excluding carboxylic acids is 1. The number of fused-ring (bicyclic) bond motifs is 2. The van der Waals surface area contributed by atoms with E-state index in [-0.39, 0.29) is 23.9 Å². The van der Waals surface area contributed by atoms with Crippen LogP contribution in [0.1, 0.15) is 26.7 Å². The molecular formula is C15H20O4. The van der Waals surface area contributed by atoms with Crippen LogP contribution in [-0.4, -0.2) is 34.5 Å². The van der Waals surface area contributed by atoms with Gasteiger partial charge in [0, 0.05) is 16.9 Å². The average molecular weight is 264 g/mol. The third-order valence-corrected chi connectivity index (χ3v) is 5.33. The molecule has 104 valence electrons. The Labute approximate surface area is 112 Å². The smallest absolute Gasteiger partial charge is 0.334 e. The molecule has 4 heteroatoms. The molecule has 3 rings (SSSR count). The van der Waals surface area contributed by atoms with E-state index in [2.05, 4.69) is 6.58 Å². The van der Waals surface area contributed by atoms with E-state index in [0.29, 0.717) is 12.0 Å². The summed E-state index contributed by atoms with van der Waals surface area (Å²) in [5.41, 5.74) is 1.20. The van der Waals surface area contributed by atoms with Crippen LogP contribution in [0.15, 0.2) is 23.8 Å². The first-order valence-electron chi connectivity index (χ1n) is 6.79. The van der Waals surface area contributed by atoms with Gasteiger partial charge in [-0.05, 0) is 25.7 Å². The van der Waals surface area contributed by atoms with Gasteiger partial charge in [0.05, 0.1) is 12.2 Å². The third kappa shape index (κ3) is 1.63. The molecule has 2 N–H and O–H groups in total. The van der Waals surface area contributed by atoms with Crippen molar-refractivity contribution in [3.8, 4) is 0 Å². The van der Waals surface area contributed by atoms with Crippen LogP contribution in [0, 0.1) is 17.3 Å². The molecule has 1 aliphatic heterocycles. The monoisotopic (exact) mass is 264 g/mol. The molecule has 2 fully saturated rings. The van der Waals surface area contributed by atoms with E-state index in [1.54, 1.807) is 6.08 Å². The molecule has 1 saturated carbocycles. The second-order valence-corrected chi connectivity index (χ2v) is 6.42. The third-order valence-electron chi connectivity index (χ3n) is 5.33. The van der Waals surface area contributed by atoms with Crippen molar-refractivity contribution in [1.82, 2.24) is 0 Å². The second-order valence-electron chi connectivity index (χ2n) is 6.42. The molecule has 3 aliphatic rings. The summed E-state index contributed by atoms with van der Waals surface area (Å²) in [5.74, 6) is -0.0938. The molecule has 1 saturated heterocycles. The topological polar surface area (TPSA) is 66.8 Å². The fraction of sp³-hybridized carbons (Fsp3) is 0.667. The number of allylic oxidation sites excluding steroid dienone is 1. The van der Waals surface area contributed by atoms with Gasteiger partial charge in [0.25, 0.3) is 0 Å². The Balaban J connectivity index is 1.98. The molecule has 4 nitrogen and oxygen atoms in total. The quantitative estimate of drug-likeness (QED) is 0.392. The molecule has 0 amide bonds. The Morgan fingerprint density at radius 3 is 2.84 bits per heavy atom. The van der Waals surface area contributed by atoms with Crippen molar-refractivity contribution >= 4 is 5.97 Å². The number of ether oxygens (including phenoxy) is 1. The predicted molar refractivity (Wildman–Crippen MR) is 69.1 cm³/mol. The van der Waals surface area contributed by atoms with Gasteiger partial charge >= 0.3 is 5.97 Å². The first-order chi connectivity index (χ1) is 8.84. The number of hydrogen-bond acceptors (Lipinski definition) is 4. The van der Waals surface area contributed by atoms with Gasteiger partial charge in [-0.2, -0.15) is 0 Å². The van der Waals surface area contributed by atoms with Crippen molar-refractivity contribution in [2.75, 3.05) is 0 Å². The first-order valence-corrected chi connectivity index (χ1v) is 6.79. The Morgan fingerprint density at radius 2 is 2.16 bits per heavy atom.